The van der Waals surface area contributed by atoms with E-state index in [0.29, 0.717) is 5.82 Å². The van der Waals surface area contributed by atoms with Gasteiger partial charge in [0.15, 0.2) is 0 Å². The van der Waals surface area contributed by atoms with E-state index in [1.807, 2.05) is 24.8 Å². The van der Waals surface area contributed by atoms with E-state index in [2.05, 4.69) is 16.9 Å². The zero-order valence-electron chi connectivity index (χ0n) is 10.6. The van der Waals surface area contributed by atoms with Gasteiger partial charge < -0.3 is 5.73 Å². The van der Waals surface area contributed by atoms with Gasteiger partial charge in [0.1, 0.15) is 11.6 Å². The second-order valence-electron chi connectivity index (χ2n) is 5.06. The summed E-state index contributed by atoms with van der Waals surface area (Å²) in [7, 11) is 0. The average molecular weight is 251 g/mol. The minimum absolute atomic E-state index is 0.588. The van der Waals surface area contributed by atoms with E-state index in [4.69, 9.17) is 5.73 Å². The van der Waals surface area contributed by atoms with Gasteiger partial charge in [0.05, 0.1) is 5.75 Å². The van der Waals surface area contributed by atoms with Crippen molar-refractivity contribution in [3.05, 3.63) is 17.6 Å². The lowest BCUT2D eigenvalue weighted by Crippen LogP contribution is -2.15. The summed E-state index contributed by atoms with van der Waals surface area (Å²) in [6.45, 7) is 4.32. The molecule has 0 saturated heterocycles. The van der Waals surface area contributed by atoms with Crippen LogP contribution in [0.2, 0.25) is 0 Å². The van der Waals surface area contributed by atoms with Crippen LogP contribution in [0.1, 0.15) is 44.1 Å². The lowest BCUT2D eigenvalue weighted by Gasteiger charge is -2.25. The Morgan fingerprint density at radius 1 is 1.41 bits per heavy atom. The number of aryl methyl sites for hydroxylation is 1. The van der Waals surface area contributed by atoms with Crippen LogP contribution in [0.15, 0.2) is 6.07 Å². The smallest absolute Gasteiger partial charge is 0.140 e. The highest BCUT2D eigenvalue weighted by molar-refractivity contribution is 7.99. The number of thioether (sulfide) groups is 1. The third-order valence-corrected chi connectivity index (χ3v) is 4.58. The van der Waals surface area contributed by atoms with Gasteiger partial charge in [0.25, 0.3) is 0 Å². The Balaban J connectivity index is 1.88. The summed E-state index contributed by atoms with van der Waals surface area (Å²) in [5.41, 5.74) is 6.69. The van der Waals surface area contributed by atoms with Crippen LogP contribution in [-0.2, 0) is 5.75 Å². The molecule has 0 amide bonds. The van der Waals surface area contributed by atoms with Crippen molar-refractivity contribution in [2.24, 2.45) is 5.92 Å². The first-order chi connectivity index (χ1) is 8.13. The van der Waals surface area contributed by atoms with Crippen molar-refractivity contribution in [1.82, 2.24) is 9.97 Å². The molecule has 0 aliphatic heterocycles. The predicted octanol–water partition coefficient (Wildman–Crippen LogP) is 3.18. The van der Waals surface area contributed by atoms with Gasteiger partial charge in [0, 0.05) is 17.0 Å². The third-order valence-electron chi connectivity index (χ3n) is 3.26. The van der Waals surface area contributed by atoms with Crippen LogP contribution in [0.25, 0.3) is 0 Å². The molecule has 1 aliphatic carbocycles. The number of anilines is 1. The van der Waals surface area contributed by atoms with Crippen LogP contribution in [0.5, 0.6) is 0 Å². The van der Waals surface area contributed by atoms with Crippen molar-refractivity contribution in [1.29, 1.82) is 0 Å². The van der Waals surface area contributed by atoms with E-state index in [0.717, 1.165) is 28.4 Å². The lowest BCUT2D eigenvalue weighted by atomic mass is 9.91. The fourth-order valence-electron chi connectivity index (χ4n) is 2.44. The summed E-state index contributed by atoms with van der Waals surface area (Å²) >= 11 is 1.99. The zero-order chi connectivity index (χ0) is 12.3. The normalized spacial score (nSPS) is 24.8. The lowest BCUT2D eigenvalue weighted by molar-refractivity contribution is 0.394. The molecule has 1 saturated carbocycles. The minimum Gasteiger partial charge on any atom is -0.384 e. The molecule has 2 rings (SSSR count). The molecule has 1 aromatic heterocycles. The van der Waals surface area contributed by atoms with Gasteiger partial charge in [-0.1, -0.05) is 19.8 Å². The minimum atomic E-state index is 0.588. The SMILES string of the molecule is Cc1cc(N)nc(CSC2CCCC(C)C2)n1. The molecular weight excluding hydrogens is 230 g/mol. The van der Waals surface area contributed by atoms with Crippen molar-refractivity contribution < 1.29 is 0 Å². The van der Waals surface area contributed by atoms with Gasteiger partial charge in [-0.15, -0.1) is 0 Å². The maximum absolute atomic E-state index is 5.73. The molecule has 3 nitrogen and oxygen atoms in total. The standard InChI is InChI=1S/C13H21N3S/c1-9-4-3-5-11(6-9)17-8-13-15-10(2)7-12(14)16-13/h7,9,11H,3-6,8H2,1-2H3,(H2,14,15,16). The van der Waals surface area contributed by atoms with Gasteiger partial charge in [0.2, 0.25) is 0 Å². The zero-order valence-corrected chi connectivity index (χ0v) is 11.5. The number of aromatic nitrogens is 2. The van der Waals surface area contributed by atoms with Crippen LogP contribution >= 0.6 is 11.8 Å². The molecule has 1 aromatic rings. The molecule has 1 fully saturated rings. The fraction of sp³-hybridized carbons (Fsp3) is 0.692. The Hall–Kier alpha value is -0.770. The van der Waals surface area contributed by atoms with Crippen molar-refractivity contribution in [2.75, 3.05) is 5.73 Å². The van der Waals surface area contributed by atoms with Crippen LogP contribution in [-0.4, -0.2) is 15.2 Å². The maximum atomic E-state index is 5.73. The predicted molar refractivity (Wildman–Crippen MR) is 73.9 cm³/mol. The summed E-state index contributed by atoms with van der Waals surface area (Å²) in [5, 5.41) is 0.782. The second kappa shape index (κ2) is 5.71. The summed E-state index contributed by atoms with van der Waals surface area (Å²) in [5.74, 6) is 3.24. The molecule has 0 aromatic carbocycles. The first-order valence-electron chi connectivity index (χ1n) is 6.35. The Labute approximate surface area is 108 Å². The van der Waals surface area contributed by atoms with Gasteiger partial charge in [-0.2, -0.15) is 11.8 Å². The largest absolute Gasteiger partial charge is 0.384 e. The van der Waals surface area contributed by atoms with E-state index in [-0.39, 0.29) is 0 Å². The van der Waals surface area contributed by atoms with Gasteiger partial charge >= 0.3 is 0 Å². The molecule has 1 heterocycles. The number of rotatable bonds is 3. The monoisotopic (exact) mass is 251 g/mol. The first-order valence-corrected chi connectivity index (χ1v) is 7.40. The molecule has 0 bridgehead atoms. The van der Waals surface area contributed by atoms with E-state index >= 15 is 0 Å². The van der Waals surface area contributed by atoms with Crippen LogP contribution in [0.4, 0.5) is 5.82 Å². The highest BCUT2D eigenvalue weighted by Crippen LogP contribution is 2.33. The molecule has 17 heavy (non-hydrogen) atoms. The Bertz CT molecular complexity index is 361. The number of nitrogen functional groups attached to an aromatic ring is 1. The Morgan fingerprint density at radius 2 is 2.24 bits per heavy atom. The van der Waals surface area contributed by atoms with Crippen molar-refractivity contribution in [3.8, 4) is 0 Å². The van der Waals surface area contributed by atoms with E-state index in [1.54, 1.807) is 0 Å². The number of nitrogens with two attached hydrogens (primary N) is 1. The highest BCUT2D eigenvalue weighted by atomic mass is 32.2. The highest BCUT2D eigenvalue weighted by Gasteiger charge is 2.19. The topological polar surface area (TPSA) is 51.8 Å². The molecule has 0 radical (unpaired) electrons. The molecule has 2 unspecified atom stereocenters. The Morgan fingerprint density at radius 3 is 2.94 bits per heavy atom. The number of hydrogen-bond donors (Lipinski definition) is 1. The summed E-state index contributed by atoms with van der Waals surface area (Å²) in [6, 6.07) is 1.82. The molecule has 94 valence electrons. The average Bonchev–Trinajstić information content (AvgIpc) is 2.25. The van der Waals surface area contributed by atoms with Crippen molar-refractivity contribution in [2.45, 2.75) is 50.5 Å². The van der Waals surface area contributed by atoms with Crippen molar-refractivity contribution in [3.63, 3.8) is 0 Å². The molecule has 1 aliphatic rings. The van der Waals surface area contributed by atoms with E-state index in [1.165, 1.54) is 25.7 Å². The van der Waals surface area contributed by atoms with E-state index < -0.39 is 0 Å². The first kappa shape index (κ1) is 12.7. The molecule has 0 spiro atoms. The molecule has 2 atom stereocenters. The van der Waals surface area contributed by atoms with Crippen LogP contribution in [0, 0.1) is 12.8 Å². The third kappa shape index (κ3) is 3.87. The van der Waals surface area contributed by atoms with E-state index in [9.17, 15) is 0 Å². The number of nitrogens with zero attached hydrogens (tertiary/aromatic N) is 2. The van der Waals surface area contributed by atoms with Gasteiger partial charge in [-0.3, -0.25) is 0 Å². The quantitative estimate of drug-likeness (QED) is 0.896. The van der Waals surface area contributed by atoms with Gasteiger partial charge in [-0.25, -0.2) is 9.97 Å². The summed E-state index contributed by atoms with van der Waals surface area (Å²) in [4.78, 5) is 8.71. The summed E-state index contributed by atoms with van der Waals surface area (Å²) < 4.78 is 0. The number of hydrogen-bond acceptors (Lipinski definition) is 4. The summed E-state index contributed by atoms with van der Waals surface area (Å²) in [6.07, 6.45) is 5.45. The van der Waals surface area contributed by atoms with Crippen LogP contribution in [0.3, 0.4) is 0 Å². The maximum Gasteiger partial charge on any atom is 0.140 e. The fourth-order valence-corrected chi connectivity index (χ4v) is 3.75. The van der Waals surface area contributed by atoms with Crippen molar-refractivity contribution >= 4 is 17.6 Å². The van der Waals surface area contributed by atoms with Gasteiger partial charge in [-0.05, 0) is 25.7 Å². The molecule has 2 N–H and O–H groups in total. The molecule has 4 heteroatoms. The second-order valence-corrected chi connectivity index (χ2v) is 6.34. The van der Waals surface area contributed by atoms with Crippen LogP contribution < -0.4 is 5.73 Å². The Kier molecular flexibility index (Phi) is 4.26. The molecular formula is C13H21N3S.